The van der Waals surface area contributed by atoms with Crippen LogP contribution in [0, 0.1) is 5.92 Å². The summed E-state index contributed by atoms with van der Waals surface area (Å²) in [5.74, 6) is 1.24. The molecule has 2 aromatic carbocycles. The molecule has 1 saturated heterocycles. The van der Waals surface area contributed by atoms with Crippen LogP contribution >= 0.6 is 0 Å². The van der Waals surface area contributed by atoms with Gasteiger partial charge in [-0.3, -0.25) is 9.59 Å². The number of amides is 2. The van der Waals surface area contributed by atoms with Gasteiger partial charge in [0, 0.05) is 33.1 Å². The van der Waals surface area contributed by atoms with Crippen molar-refractivity contribution in [2.75, 3.05) is 27.2 Å². The number of likely N-dealkylation sites (tertiary alicyclic amines) is 1. The van der Waals surface area contributed by atoms with Crippen molar-refractivity contribution in [3.8, 4) is 5.75 Å². The summed E-state index contributed by atoms with van der Waals surface area (Å²) in [5.41, 5.74) is 2.08. The van der Waals surface area contributed by atoms with Crippen molar-refractivity contribution in [2.24, 2.45) is 5.92 Å². The minimum atomic E-state index is 0.112. The molecule has 0 radical (unpaired) electrons. The summed E-state index contributed by atoms with van der Waals surface area (Å²) in [6.45, 7) is 2.00. The Labute approximate surface area is 166 Å². The fourth-order valence-electron chi connectivity index (χ4n) is 3.64. The van der Waals surface area contributed by atoms with E-state index in [1.54, 1.807) is 12.0 Å². The van der Waals surface area contributed by atoms with E-state index < -0.39 is 0 Å². The Balaban J connectivity index is 1.47. The van der Waals surface area contributed by atoms with Crippen molar-refractivity contribution in [2.45, 2.75) is 25.8 Å². The van der Waals surface area contributed by atoms with E-state index >= 15 is 0 Å². The van der Waals surface area contributed by atoms with Gasteiger partial charge in [-0.1, -0.05) is 42.5 Å². The second-order valence-electron chi connectivity index (χ2n) is 7.46. The van der Waals surface area contributed by atoms with E-state index in [2.05, 4.69) is 0 Å². The maximum Gasteiger partial charge on any atom is 0.227 e. The topological polar surface area (TPSA) is 49.9 Å². The van der Waals surface area contributed by atoms with Gasteiger partial charge in [0.15, 0.2) is 0 Å². The average molecular weight is 380 g/mol. The molecule has 1 unspecified atom stereocenters. The molecule has 0 N–H and O–H groups in total. The third kappa shape index (κ3) is 5.35. The molecule has 2 amide bonds. The van der Waals surface area contributed by atoms with Gasteiger partial charge in [-0.05, 0) is 35.6 Å². The molecule has 1 heterocycles. The predicted octanol–water partition coefficient (Wildman–Crippen LogP) is 3.13. The molecule has 0 saturated carbocycles. The monoisotopic (exact) mass is 380 g/mol. The highest BCUT2D eigenvalue weighted by atomic mass is 16.5. The van der Waals surface area contributed by atoms with Gasteiger partial charge in [-0.15, -0.1) is 0 Å². The fraction of sp³-hybridized carbons (Fsp3) is 0.391. The molecule has 5 nitrogen and oxygen atoms in total. The molecule has 0 aliphatic carbocycles. The minimum absolute atomic E-state index is 0.112. The first-order valence-electron chi connectivity index (χ1n) is 9.73. The number of benzene rings is 2. The van der Waals surface area contributed by atoms with Gasteiger partial charge in [0.05, 0.1) is 13.5 Å². The summed E-state index contributed by atoms with van der Waals surface area (Å²) in [6.07, 6.45) is 1.74. The van der Waals surface area contributed by atoms with Crippen LogP contribution in [0.3, 0.4) is 0 Å². The van der Waals surface area contributed by atoms with Crippen molar-refractivity contribution < 1.29 is 14.3 Å². The lowest BCUT2D eigenvalue weighted by molar-refractivity contribution is -0.132. The normalized spacial score (nSPS) is 16.1. The van der Waals surface area contributed by atoms with E-state index in [4.69, 9.17) is 4.74 Å². The van der Waals surface area contributed by atoms with Crippen molar-refractivity contribution >= 4 is 11.8 Å². The largest absolute Gasteiger partial charge is 0.497 e. The highest BCUT2D eigenvalue weighted by molar-refractivity contribution is 5.80. The van der Waals surface area contributed by atoms with Gasteiger partial charge in [0.2, 0.25) is 11.8 Å². The van der Waals surface area contributed by atoms with E-state index in [1.165, 1.54) is 0 Å². The third-order valence-corrected chi connectivity index (χ3v) is 5.28. The molecule has 0 aromatic heterocycles. The third-order valence-electron chi connectivity index (χ3n) is 5.28. The lowest BCUT2D eigenvalue weighted by Crippen LogP contribution is -2.32. The van der Waals surface area contributed by atoms with Crippen LogP contribution in [0.25, 0.3) is 0 Å². The summed E-state index contributed by atoms with van der Waals surface area (Å²) >= 11 is 0. The van der Waals surface area contributed by atoms with E-state index in [0.29, 0.717) is 25.9 Å². The molecule has 148 valence electrons. The van der Waals surface area contributed by atoms with Crippen LogP contribution in [0.5, 0.6) is 5.75 Å². The zero-order chi connectivity index (χ0) is 19.9. The Morgan fingerprint density at radius 2 is 1.86 bits per heavy atom. The molecule has 2 aromatic rings. The maximum absolute atomic E-state index is 12.6. The molecular formula is C23H28N2O3. The number of carbonyl (C=O) groups is 2. The lowest BCUT2D eigenvalue weighted by atomic mass is 10.0. The van der Waals surface area contributed by atoms with E-state index in [-0.39, 0.29) is 17.7 Å². The number of hydrogen-bond acceptors (Lipinski definition) is 3. The van der Waals surface area contributed by atoms with Crippen molar-refractivity contribution in [3.63, 3.8) is 0 Å². The maximum atomic E-state index is 12.6. The first kappa shape index (κ1) is 19.9. The summed E-state index contributed by atoms with van der Waals surface area (Å²) in [5, 5.41) is 0. The fourth-order valence-corrected chi connectivity index (χ4v) is 3.64. The Morgan fingerprint density at radius 3 is 2.61 bits per heavy atom. The van der Waals surface area contributed by atoms with Gasteiger partial charge in [-0.25, -0.2) is 0 Å². The SMILES string of the molecule is COc1cccc(CC(=O)N2CCC(CC(=O)N(C)Cc3ccccc3)C2)c1. The van der Waals surface area contributed by atoms with E-state index in [1.807, 2.05) is 66.5 Å². The highest BCUT2D eigenvalue weighted by Gasteiger charge is 2.28. The van der Waals surface area contributed by atoms with E-state index in [0.717, 1.165) is 29.8 Å². The molecule has 1 aliphatic rings. The van der Waals surface area contributed by atoms with E-state index in [9.17, 15) is 9.59 Å². The molecule has 1 fully saturated rings. The van der Waals surface area contributed by atoms with Crippen molar-refractivity contribution in [3.05, 3.63) is 65.7 Å². The van der Waals surface area contributed by atoms with Gasteiger partial charge in [0.25, 0.3) is 0 Å². The molecule has 0 spiro atoms. The first-order chi connectivity index (χ1) is 13.5. The Bertz CT molecular complexity index is 807. The van der Waals surface area contributed by atoms with Gasteiger partial charge in [0.1, 0.15) is 5.75 Å². The average Bonchev–Trinajstić information content (AvgIpc) is 3.17. The summed E-state index contributed by atoms with van der Waals surface area (Å²) in [7, 11) is 3.47. The molecule has 3 rings (SSSR count). The van der Waals surface area contributed by atoms with Gasteiger partial charge < -0.3 is 14.5 Å². The number of nitrogens with zero attached hydrogens (tertiary/aromatic N) is 2. The number of rotatable bonds is 7. The summed E-state index contributed by atoms with van der Waals surface area (Å²) in [6, 6.07) is 17.6. The Morgan fingerprint density at radius 1 is 1.11 bits per heavy atom. The number of methoxy groups -OCH3 is 1. The molecule has 0 bridgehead atoms. The van der Waals surface area contributed by atoms with Gasteiger partial charge in [-0.2, -0.15) is 0 Å². The lowest BCUT2D eigenvalue weighted by Gasteiger charge is -2.20. The second-order valence-corrected chi connectivity index (χ2v) is 7.46. The zero-order valence-corrected chi connectivity index (χ0v) is 16.6. The smallest absolute Gasteiger partial charge is 0.227 e. The first-order valence-corrected chi connectivity index (χ1v) is 9.73. The number of ether oxygens (including phenoxy) is 1. The van der Waals surface area contributed by atoms with Crippen LogP contribution < -0.4 is 4.74 Å². The van der Waals surface area contributed by atoms with Crippen LogP contribution in [-0.2, 0) is 22.6 Å². The van der Waals surface area contributed by atoms with Crippen LogP contribution in [0.15, 0.2) is 54.6 Å². The molecular weight excluding hydrogens is 352 g/mol. The summed E-state index contributed by atoms with van der Waals surface area (Å²) in [4.78, 5) is 28.8. The zero-order valence-electron chi connectivity index (χ0n) is 16.6. The Kier molecular flexibility index (Phi) is 6.69. The van der Waals surface area contributed by atoms with Crippen LogP contribution in [0.1, 0.15) is 24.0 Å². The Hall–Kier alpha value is -2.82. The predicted molar refractivity (Wildman–Crippen MR) is 109 cm³/mol. The molecule has 5 heteroatoms. The highest BCUT2D eigenvalue weighted by Crippen LogP contribution is 2.22. The number of hydrogen-bond donors (Lipinski definition) is 0. The second kappa shape index (κ2) is 9.40. The molecule has 1 aliphatic heterocycles. The van der Waals surface area contributed by atoms with Crippen LogP contribution in [-0.4, -0.2) is 48.9 Å². The molecule has 1 atom stereocenters. The quantitative estimate of drug-likeness (QED) is 0.742. The van der Waals surface area contributed by atoms with Crippen LogP contribution in [0.4, 0.5) is 0 Å². The standard InChI is InChI=1S/C23H28N2O3/c1-24(16-18-7-4-3-5-8-18)22(26)15-20-11-12-25(17-20)23(27)14-19-9-6-10-21(13-19)28-2/h3-10,13,20H,11-12,14-17H2,1-2H3. The molecule has 28 heavy (non-hydrogen) atoms. The van der Waals surface area contributed by atoms with Crippen molar-refractivity contribution in [1.82, 2.24) is 9.80 Å². The van der Waals surface area contributed by atoms with Crippen molar-refractivity contribution in [1.29, 1.82) is 0 Å². The van der Waals surface area contributed by atoms with Crippen LogP contribution in [0.2, 0.25) is 0 Å². The summed E-state index contributed by atoms with van der Waals surface area (Å²) < 4.78 is 5.22. The van der Waals surface area contributed by atoms with Gasteiger partial charge >= 0.3 is 0 Å². The number of carbonyl (C=O) groups excluding carboxylic acids is 2. The minimum Gasteiger partial charge on any atom is -0.497 e.